The lowest BCUT2D eigenvalue weighted by Gasteiger charge is -2.24. The van der Waals surface area contributed by atoms with E-state index in [2.05, 4.69) is 41.2 Å². The van der Waals surface area contributed by atoms with Crippen molar-refractivity contribution in [3.05, 3.63) is 39.8 Å². The number of likely N-dealkylation sites (N-methyl/N-ethyl adjacent to an activating group) is 1. The van der Waals surface area contributed by atoms with Crippen LogP contribution >= 0.6 is 11.3 Å². The molecule has 0 saturated carbocycles. The molecule has 2 aromatic rings. The number of aromatic nitrogens is 2. The molecule has 1 atom stereocenters. The van der Waals surface area contributed by atoms with Crippen LogP contribution < -0.4 is 4.74 Å². The number of hydrogen-bond donors (Lipinski definition) is 0. The number of benzene rings is 1. The SMILES string of the molecule is COc1ccccc1C[C@H](C)N(C)Cc1nnc(C)s1. The van der Waals surface area contributed by atoms with E-state index in [1.165, 1.54) is 5.56 Å². The topological polar surface area (TPSA) is 38.2 Å². The first-order valence-electron chi connectivity index (χ1n) is 6.71. The molecule has 1 aromatic heterocycles. The van der Waals surface area contributed by atoms with Crippen LogP contribution in [0.15, 0.2) is 24.3 Å². The molecule has 1 heterocycles. The van der Waals surface area contributed by atoms with Gasteiger partial charge < -0.3 is 4.74 Å². The molecule has 0 spiro atoms. The van der Waals surface area contributed by atoms with Gasteiger partial charge >= 0.3 is 0 Å². The third-order valence-electron chi connectivity index (χ3n) is 3.41. The molecule has 0 aliphatic carbocycles. The highest BCUT2D eigenvalue weighted by Crippen LogP contribution is 2.21. The predicted molar refractivity (Wildman–Crippen MR) is 82.3 cm³/mol. The van der Waals surface area contributed by atoms with E-state index in [1.54, 1.807) is 18.4 Å². The van der Waals surface area contributed by atoms with E-state index in [-0.39, 0.29) is 0 Å². The first-order valence-corrected chi connectivity index (χ1v) is 7.53. The van der Waals surface area contributed by atoms with Gasteiger partial charge in [-0.3, -0.25) is 4.90 Å². The van der Waals surface area contributed by atoms with E-state index in [4.69, 9.17) is 4.74 Å². The molecule has 0 fully saturated rings. The lowest BCUT2D eigenvalue weighted by molar-refractivity contribution is 0.245. The number of rotatable bonds is 6. The maximum atomic E-state index is 5.41. The Balaban J connectivity index is 1.98. The Hall–Kier alpha value is -1.46. The Morgan fingerprint density at radius 1 is 1.30 bits per heavy atom. The Morgan fingerprint density at radius 2 is 2.05 bits per heavy atom. The van der Waals surface area contributed by atoms with Crippen LogP contribution in [-0.2, 0) is 13.0 Å². The molecule has 0 aliphatic rings. The standard InChI is InChI=1S/C15H21N3OS/c1-11(9-13-7-5-6-8-14(13)19-4)18(3)10-15-17-16-12(2)20-15/h5-8,11H,9-10H2,1-4H3/t11-/m0/s1. The lowest BCUT2D eigenvalue weighted by Crippen LogP contribution is -2.30. The zero-order valence-corrected chi connectivity index (χ0v) is 13.3. The van der Waals surface area contributed by atoms with Crippen molar-refractivity contribution in [3.8, 4) is 5.75 Å². The molecule has 4 nitrogen and oxygen atoms in total. The van der Waals surface area contributed by atoms with E-state index >= 15 is 0 Å². The van der Waals surface area contributed by atoms with Gasteiger partial charge in [-0.2, -0.15) is 0 Å². The van der Waals surface area contributed by atoms with Gasteiger partial charge in [-0.1, -0.05) is 18.2 Å². The molecule has 0 bridgehead atoms. The molecule has 20 heavy (non-hydrogen) atoms. The molecule has 0 N–H and O–H groups in total. The van der Waals surface area contributed by atoms with Crippen LogP contribution in [0.4, 0.5) is 0 Å². The summed E-state index contributed by atoms with van der Waals surface area (Å²) >= 11 is 1.66. The van der Waals surface area contributed by atoms with Gasteiger partial charge in [-0.05, 0) is 38.9 Å². The smallest absolute Gasteiger partial charge is 0.131 e. The van der Waals surface area contributed by atoms with Gasteiger partial charge in [0.1, 0.15) is 15.8 Å². The average molecular weight is 291 g/mol. The summed E-state index contributed by atoms with van der Waals surface area (Å²) in [4.78, 5) is 2.30. The molecule has 2 rings (SSSR count). The summed E-state index contributed by atoms with van der Waals surface area (Å²) in [7, 11) is 3.84. The van der Waals surface area contributed by atoms with Crippen LogP contribution in [0.3, 0.4) is 0 Å². The minimum absolute atomic E-state index is 0.413. The third kappa shape index (κ3) is 3.77. The van der Waals surface area contributed by atoms with E-state index in [9.17, 15) is 0 Å². The highest BCUT2D eigenvalue weighted by atomic mass is 32.1. The van der Waals surface area contributed by atoms with Crippen molar-refractivity contribution >= 4 is 11.3 Å². The van der Waals surface area contributed by atoms with Crippen molar-refractivity contribution in [3.63, 3.8) is 0 Å². The molecule has 0 radical (unpaired) electrons. The number of ether oxygens (including phenoxy) is 1. The molecule has 0 aliphatic heterocycles. The summed E-state index contributed by atoms with van der Waals surface area (Å²) in [5.41, 5.74) is 1.24. The molecule has 0 unspecified atom stereocenters. The third-order valence-corrected chi connectivity index (χ3v) is 4.24. The van der Waals surface area contributed by atoms with Crippen LogP contribution in [0.25, 0.3) is 0 Å². The van der Waals surface area contributed by atoms with Crippen molar-refractivity contribution in [1.82, 2.24) is 15.1 Å². The predicted octanol–water partition coefficient (Wildman–Crippen LogP) is 2.92. The fourth-order valence-electron chi connectivity index (χ4n) is 2.12. The summed E-state index contributed by atoms with van der Waals surface area (Å²) in [5, 5.41) is 10.3. The minimum atomic E-state index is 0.413. The zero-order chi connectivity index (χ0) is 14.5. The Morgan fingerprint density at radius 3 is 2.70 bits per heavy atom. The molecule has 0 amide bonds. The van der Waals surface area contributed by atoms with Crippen LogP contribution in [0.5, 0.6) is 5.75 Å². The maximum absolute atomic E-state index is 5.41. The number of methoxy groups -OCH3 is 1. The van der Waals surface area contributed by atoms with E-state index in [1.807, 2.05) is 19.1 Å². The molecule has 108 valence electrons. The lowest BCUT2D eigenvalue weighted by atomic mass is 10.1. The number of nitrogens with zero attached hydrogens (tertiary/aromatic N) is 3. The van der Waals surface area contributed by atoms with Crippen LogP contribution in [0.1, 0.15) is 22.5 Å². The number of aryl methyl sites for hydroxylation is 1. The van der Waals surface area contributed by atoms with Crippen LogP contribution in [0.2, 0.25) is 0 Å². The summed E-state index contributed by atoms with van der Waals surface area (Å²) in [6, 6.07) is 8.60. The summed E-state index contributed by atoms with van der Waals surface area (Å²) in [6.45, 7) is 5.04. The largest absolute Gasteiger partial charge is 0.496 e. The Bertz CT molecular complexity index is 556. The van der Waals surface area contributed by atoms with Crippen LogP contribution in [0, 0.1) is 6.92 Å². The molecular weight excluding hydrogens is 270 g/mol. The van der Waals surface area contributed by atoms with Gasteiger partial charge in [-0.25, -0.2) is 0 Å². The number of hydrogen-bond acceptors (Lipinski definition) is 5. The minimum Gasteiger partial charge on any atom is -0.496 e. The average Bonchev–Trinajstić information content (AvgIpc) is 2.84. The Kier molecular flexibility index (Phi) is 5.09. The first-order chi connectivity index (χ1) is 9.60. The van der Waals surface area contributed by atoms with Crippen molar-refractivity contribution < 1.29 is 4.74 Å². The highest BCUT2D eigenvalue weighted by molar-refractivity contribution is 7.11. The van der Waals surface area contributed by atoms with E-state index < -0.39 is 0 Å². The summed E-state index contributed by atoms with van der Waals surface area (Å²) in [5.74, 6) is 0.958. The zero-order valence-electron chi connectivity index (χ0n) is 12.5. The van der Waals surface area contributed by atoms with Gasteiger partial charge in [-0.15, -0.1) is 21.5 Å². The van der Waals surface area contributed by atoms with Gasteiger partial charge in [0.05, 0.1) is 13.7 Å². The Labute approximate surface area is 124 Å². The summed E-state index contributed by atoms with van der Waals surface area (Å²) in [6.07, 6.45) is 0.957. The second-order valence-corrected chi connectivity index (χ2v) is 6.26. The fraction of sp³-hybridized carbons (Fsp3) is 0.467. The van der Waals surface area contributed by atoms with E-state index in [0.29, 0.717) is 6.04 Å². The molecular formula is C15H21N3OS. The normalized spacial score (nSPS) is 12.7. The second kappa shape index (κ2) is 6.81. The van der Waals surface area contributed by atoms with Gasteiger partial charge in [0.25, 0.3) is 0 Å². The number of para-hydroxylation sites is 1. The highest BCUT2D eigenvalue weighted by Gasteiger charge is 2.14. The summed E-state index contributed by atoms with van der Waals surface area (Å²) < 4.78 is 5.41. The monoisotopic (exact) mass is 291 g/mol. The quantitative estimate of drug-likeness (QED) is 0.820. The maximum Gasteiger partial charge on any atom is 0.131 e. The van der Waals surface area contributed by atoms with Gasteiger partial charge in [0.2, 0.25) is 0 Å². The van der Waals surface area contributed by atoms with Crippen molar-refractivity contribution in [2.45, 2.75) is 32.9 Å². The van der Waals surface area contributed by atoms with Gasteiger partial charge in [0.15, 0.2) is 0 Å². The second-order valence-electron chi connectivity index (χ2n) is 4.99. The van der Waals surface area contributed by atoms with Crippen molar-refractivity contribution in [2.24, 2.45) is 0 Å². The van der Waals surface area contributed by atoms with Crippen molar-refractivity contribution in [2.75, 3.05) is 14.2 Å². The van der Waals surface area contributed by atoms with Crippen molar-refractivity contribution in [1.29, 1.82) is 0 Å². The molecule has 0 saturated heterocycles. The first kappa shape index (κ1) is 14.9. The van der Waals surface area contributed by atoms with Crippen LogP contribution in [-0.4, -0.2) is 35.3 Å². The van der Waals surface area contributed by atoms with Gasteiger partial charge in [0, 0.05) is 6.04 Å². The molecule has 5 heteroatoms. The fourth-order valence-corrected chi connectivity index (χ4v) is 2.89. The molecule has 1 aromatic carbocycles. The van der Waals surface area contributed by atoms with E-state index in [0.717, 1.165) is 28.7 Å².